The number of halogens is 2. The van der Waals surface area contributed by atoms with Crippen molar-refractivity contribution in [3.05, 3.63) is 136 Å². The lowest BCUT2D eigenvalue weighted by Crippen LogP contribution is -2.29. The highest BCUT2D eigenvalue weighted by Crippen LogP contribution is 2.44. The molecule has 10 heteroatoms. The van der Waals surface area contributed by atoms with Crippen molar-refractivity contribution in [2.24, 2.45) is 0 Å². The first-order valence-electron chi connectivity index (χ1n) is 14.0. The number of nitrogens with zero attached hydrogens (tertiary/aromatic N) is 3. The van der Waals surface area contributed by atoms with Crippen molar-refractivity contribution in [1.82, 2.24) is 14.9 Å². The summed E-state index contributed by atoms with van der Waals surface area (Å²) in [5.41, 5.74) is 6.29. The number of hydrogen-bond donors (Lipinski definition) is 2. The van der Waals surface area contributed by atoms with Crippen molar-refractivity contribution in [2.45, 2.75) is 25.9 Å². The number of ether oxygens (including phenoxy) is 1. The van der Waals surface area contributed by atoms with E-state index in [-0.39, 0.29) is 24.6 Å². The van der Waals surface area contributed by atoms with Crippen molar-refractivity contribution >= 4 is 57.8 Å². The van der Waals surface area contributed by atoms with Gasteiger partial charge in [-0.05, 0) is 98.4 Å². The normalized spacial score (nSPS) is 16.1. The molecular weight excluding hydrogens is 613 g/mol. The van der Waals surface area contributed by atoms with Crippen molar-refractivity contribution in [1.29, 1.82) is 0 Å². The van der Waals surface area contributed by atoms with Gasteiger partial charge in [-0.1, -0.05) is 53.5 Å². The fourth-order valence-corrected chi connectivity index (χ4v) is 6.37. The topological polar surface area (TPSA) is 71.4 Å². The number of rotatable bonds is 8. The van der Waals surface area contributed by atoms with E-state index < -0.39 is 0 Å². The molecule has 44 heavy (non-hydrogen) atoms. The molecule has 1 aliphatic heterocycles. The summed E-state index contributed by atoms with van der Waals surface area (Å²) in [4.78, 5) is 19.3. The smallest absolute Gasteiger partial charge is 0.262 e. The number of nitrogens with one attached hydrogen (secondary N) is 2. The highest BCUT2D eigenvalue weighted by Gasteiger charge is 2.42. The van der Waals surface area contributed by atoms with Gasteiger partial charge in [0.1, 0.15) is 5.75 Å². The van der Waals surface area contributed by atoms with Gasteiger partial charge in [0.2, 0.25) is 0 Å². The van der Waals surface area contributed by atoms with E-state index in [9.17, 15) is 4.79 Å². The number of benzene rings is 3. The third-order valence-corrected chi connectivity index (χ3v) is 8.72. The largest absolute Gasteiger partial charge is 0.484 e. The maximum Gasteiger partial charge on any atom is 0.262 e. The molecule has 2 aromatic heterocycles. The Balaban J connectivity index is 1.32. The summed E-state index contributed by atoms with van der Waals surface area (Å²) in [6.45, 7) is 4.03. The molecule has 0 saturated carbocycles. The summed E-state index contributed by atoms with van der Waals surface area (Å²) < 4.78 is 7.70. The van der Waals surface area contributed by atoms with Gasteiger partial charge in [-0.25, -0.2) is 0 Å². The van der Waals surface area contributed by atoms with Crippen LogP contribution in [-0.2, 0) is 4.79 Å². The van der Waals surface area contributed by atoms with Crippen LogP contribution in [0, 0.1) is 13.8 Å². The van der Waals surface area contributed by atoms with E-state index >= 15 is 0 Å². The van der Waals surface area contributed by atoms with Crippen LogP contribution in [-0.4, -0.2) is 27.2 Å². The molecule has 1 aliphatic rings. The fourth-order valence-electron chi connectivity index (χ4n) is 5.64. The number of thiocarbonyl (C=S) groups is 1. The number of carbonyl (C=O) groups excluding carboxylic acids is 1. The van der Waals surface area contributed by atoms with E-state index in [1.807, 2.05) is 91.9 Å². The summed E-state index contributed by atoms with van der Waals surface area (Å²) in [6.07, 6.45) is 1.79. The van der Waals surface area contributed by atoms with E-state index in [2.05, 4.69) is 38.1 Å². The van der Waals surface area contributed by atoms with Gasteiger partial charge in [0, 0.05) is 29.0 Å². The van der Waals surface area contributed by atoms with Crippen molar-refractivity contribution < 1.29 is 9.53 Å². The Morgan fingerprint density at radius 3 is 2.45 bits per heavy atom. The summed E-state index contributed by atoms with van der Waals surface area (Å²) >= 11 is 19.0. The van der Waals surface area contributed by atoms with Gasteiger partial charge in [0.15, 0.2) is 11.7 Å². The van der Waals surface area contributed by atoms with Gasteiger partial charge in [0.25, 0.3) is 5.91 Å². The molecular formula is C34H29Cl2N5O2S. The minimum Gasteiger partial charge on any atom is -0.484 e. The monoisotopic (exact) mass is 641 g/mol. The molecule has 3 heterocycles. The van der Waals surface area contributed by atoms with Crippen LogP contribution in [0.1, 0.15) is 34.7 Å². The Hall–Kier alpha value is -4.37. The van der Waals surface area contributed by atoms with Crippen LogP contribution in [0.15, 0.2) is 103 Å². The number of para-hydroxylation sites is 1. The minimum absolute atomic E-state index is 0.0913. The number of aryl methyl sites for hydroxylation is 1. The van der Waals surface area contributed by atoms with Gasteiger partial charge < -0.3 is 24.8 Å². The lowest BCUT2D eigenvalue weighted by atomic mass is 9.96. The van der Waals surface area contributed by atoms with E-state index in [0.29, 0.717) is 26.6 Å². The molecule has 0 radical (unpaired) electrons. The second-order valence-corrected chi connectivity index (χ2v) is 11.6. The fraction of sp³-hybridized carbons (Fsp3) is 0.147. The lowest BCUT2D eigenvalue weighted by Gasteiger charge is -2.28. The van der Waals surface area contributed by atoms with Gasteiger partial charge in [-0.2, -0.15) is 0 Å². The summed E-state index contributed by atoms with van der Waals surface area (Å²) in [6, 6.07) is 30.1. The van der Waals surface area contributed by atoms with Gasteiger partial charge >= 0.3 is 0 Å². The zero-order valence-electron chi connectivity index (χ0n) is 24.0. The number of pyridine rings is 1. The van der Waals surface area contributed by atoms with E-state index in [1.54, 1.807) is 12.3 Å². The molecule has 222 valence electrons. The van der Waals surface area contributed by atoms with Gasteiger partial charge in [-0.3, -0.25) is 9.78 Å². The molecule has 0 aliphatic carbocycles. The molecule has 7 nitrogen and oxygen atoms in total. The molecule has 6 rings (SSSR count). The minimum atomic E-state index is -0.250. The van der Waals surface area contributed by atoms with Crippen LogP contribution >= 0.6 is 35.4 Å². The highest BCUT2D eigenvalue weighted by atomic mass is 35.5. The zero-order valence-corrected chi connectivity index (χ0v) is 26.3. The van der Waals surface area contributed by atoms with E-state index in [0.717, 1.165) is 34.0 Å². The summed E-state index contributed by atoms with van der Waals surface area (Å²) in [5, 5.41) is 7.97. The van der Waals surface area contributed by atoms with Crippen LogP contribution in [0.5, 0.6) is 5.75 Å². The quantitative estimate of drug-likeness (QED) is 0.167. The molecule has 1 amide bonds. The molecule has 0 unspecified atom stereocenters. The van der Waals surface area contributed by atoms with Gasteiger partial charge in [0.05, 0.1) is 33.5 Å². The number of aromatic nitrogens is 2. The number of anilines is 2. The highest BCUT2D eigenvalue weighted by molar-refractivity contribution is 7.80. The summed E-state index contributed by atoms with van der Waals surface area (Å²) in [7, 11) is 0. The number of hydrogen-bond acceptors (Lipinski definition) is 4. The molecule has 1 fully saturated rings. The zero-order chi connectivity index (χ0) is 30.8. The number of amides is 1. The van der Waals surface area contributed by atoms with Crippen molar-refractivity contribution in [3.8, 4) is 11.4 Å². The van der Waals surface area contributed by atoms with Crippen LogP contribution < -0.4 is 20.3 Å². The Morgan fingerprint density at radius 2 is 1.73 bits per heavy atom. The standard InChI is InChI=1S/C34H29Cl2N5O2S/c1-21-19-26(22(2)40(21)29-13-8-11-27(35)31(29)36)33-32(28-12-6-7-18-37-28)39-34(44)41(33)24-16-14-23(15-17-24)38-30(42)20-43-25-9-4-3-5-10-25/h3-19,32-33H,20H2,1-2H3,(H,38,42)(H,39,44)/t32-,33+/m1/s1. The molecule has 5 aromatic rings. The molecule has 0 bridgehead atoms. The second-order valence-electron chi connectivity index (χ2n) is 10.4. The maximum absolute atomic E-state index is 12.5. The predicted octanol–water partition coefficient (Wildman–Crippen LogP) is 7.99. The maximum atomic E-state index is 12.5. The van der Waals surface area contributed by atoms with E-state index in [1.165, 1.54) is 0 Å². The average molecular weight is 643 g/mol. The SMILES string of the molecule is Cc1cc([C@H]2[C@@H](c3ccccn3)NC(=S)N2c2ccc(NC(=O)COc3ccccc3)cc2)c(C)n1-c1cccc(Cl)c1Cl. The van der Waals surface area contributed by atoms with Crippen LogP contribution in [0.4, 0.5) is 11.4 Å². The van der Waals surface area contributed by atoms with E-state index in [4.69, 9.17) is 40.2 Å². The van der Waals surface area contributed by atoms with Gasteiger partial charge in [-0.15, -0.1) is 0 Å². The molecule has 2 atom stereocenters. The lowest BCUT2D eigenvalue weighted by molar-refractivity contribution is -0.118. The second kappa shape index (κ2) is 12.7. The average Bonchev–Trinajstić information content (AvgIpc) is 3.53. The van der Waals surface area contributed by atoms with Crippen LogP contribution in [0.3, 0.4) is 0 Å². The molecule has 0 spiro atoms. The molecule has 1 saturated heterocycles. The van der Waals surface area contributed by atoms with Crippen molar-refractivity contribution in [2.75, 3.05) is 16.8 Å². The first-order chi connectivity index (χ1) is 21.3. The third-order valence-electron chi connectivity index (χ3n) is 7.60. The number of carbonyl (C=O) groups is 1. The molecule has 3 aromatic carbocycles. The Kier molecular flexibility index (Phi) is 8.57. The summed E-state index contributed by atoms with van der Waals surface area (Å²) in [5.74, 6) is 0.388. The Bertz CT molecular complexity index is 1810. The Morgan fingerprint density at radius 1 is 0.977 bits per heavy atom. The Labute approximate surface area is 271 Å². The third kappa shape index (κ3) is 5.88. The van der Waals surface area contributed by atoms with Crippen LogP contribution in [0.2, 0.25) is 10.0 Å². The first-order valence-corrected chi connectivity index (χ1v) is 15.2. The molecule has 2 N–H and O–H groups in total. The van der Waals surface area contributed by atoms with Crippen LogP contribution in [0.25, 0.3) is 5.69 Å². The first kappa shape index (κ1) is 29.7. The van der Waals surface area contributed by atoms with Crippen molar-refractivity contribution in [3.63, 3.8) is 0 Å². The predicted molar refractivity (Wildman–Crippen MR) is 180 cm³/mol.